The van der Waals surface area contributed by atoms with Crippen LogP contribution in [-0.4, -0.2) is 5.11 Å². The molecule has 3 aromatic rings. The second-order valence-electron chi connectivity index (χ2n) is 4.37. The largest absolute Gasteiger partial charge is 0.507 e. The van der Waals surface area contributed by atoms with Crippen LogP contribution in [0.3, 0.4) is 0 Å². The zero-order valence-corrected chi connectivity index (χ0v) is 10.2. The van der Waals surface area contributed by atoms with E-state index in [0.717, 1.165) is 21.9 Å². The van der Waals surface area contributed by atoms with E-state index in [-0.39, 0.29) is 5.75 Å². The Morgan fingerprint density at radius 1 is 0.895 bits per heavy atom. The fourth-order valence-corrected chi connectivity index (χ4v) is 2.31. The number of nitriles is 1. The Morgan fingerprint density at radius 2 is 1.74 bits per heavy atom. The normalized spacial score (nSPS) is 10.3. The molecule has 0 aliphatic rings. The number of benzene rings is 3. The molecule has 0 amide bonds. The van der Waals surface area contributed by atoms with Gasteiger partial charge in [-0.15, -0.1) is 0 Å². The summed E-state index contributed by atoms with van der Waals surface area (Å²) in [7, 11) is 0. The van der Waals surface area contributed by atoms with Crippen LogP contribution >= 0.6 is 0 Å². The molecule has 0 bridgehead atoms. The monoisotopic (exact) mass is 245 g/mol. The van der Waals surface area contributed by atoms with Crippen molar-refractivity contribution in [3.63, 3.8) is 0 Å². The van der Waals surface area contributed by atoms with Gasteiger partial charge in [0.1, 0.15) is 5.75 Å². The van der Waals surface area contributed by atoms with E-state index in [1.165, 1.54) is 0 Å². The SMILES string of the molecule is N#Cc1cccc(-c2c(O)ccc3ccccc23)c1. The van der Waals surface area contributed by atoms with Crippen LogP contribution in [0.1, 0.15) is 5.56 Å². The Bertz CT molecular complexity index is 800. The van der Waals surface area contributed by atoms with Crippen LogP contribution in [0.4, 0.5) is 0 Å². The van der Waals surface area contributed by atoms with Gasteiger partial charge in [0, 0.05) is 5.56 Å². The number of hydrogen-bond donors (Lipinski definition) is 1. The summed E-state index contributed by atoms with van der Waals surface area (Å²) in [6.07, 6.45) is 0. The lowest BCUT2D eigenvalue weighted by atomic mass is 9.96. The van der Waals surface area contributed by atoms with Gasteiger partial charge < -0.3 is 5.11 Å². The van der Waals surface area contributed by atoms with Crippen LogP contribution in [-0.2, 0) is 0 Å². The third kappa shape index (κ3) is 1.92. The summed E-state index contributed by atoms with van der Waals surface area (Å²) < 4.78 is 0. The van der Waals surface area contributed by atoms with E-state index in [9.17, 15) is 5.11 Å². The van der Waals surface area contributed by atoms with Gasteiger partial charge in [0.25, 0.3) is 0 Å². The quantitative estimate of drug-likeness (QED) is 0.701. The minimum absolute atomic E-state index is 0.230. The lowest BCUT2D eigenvalue weighted by Crippen LogP contribution is -1.84. The van der Waals surface area contributed by atoms with Crippen molar-refractivity contribution in [3.05, 3.63) is 66.2 Å². The fourth-order valence-electron chi connectivity index (χ4n) is 2.31. The van der Waals surface area contributed by atoms with E-state index in [4.69, 9.17) is 5.26 Å². The summed E-state index contributed by atoms with van der Waals surface area (Å²) in [5.74, 6) is 0.230. The van der Waals surface area contributed by atoms with Crippen LogP contribution in [0.2, 0.25) is 0 Å². The van der Waals surface area contributed by atoms with Crippen molar-refractivity contribution in [3.8, 4) is 22.9 Å². The molecule has 0 spiro atoms. The first-order valence-corrected chi connectivity index (χ1v) is 6.01. The van der Waals surface area contributed by atoms with E-state index in [1.54, 1.807) is 18.2 Å². The summed E-state index contributed by atoms with van der Waals surface area (Å²) in [5.41, 5.74) is 2.22. The van der Waals surface area contributed by atoms with Crippen molar-refractivity contribution >= 4 is 10.8 Å². The highest BCUT2D eigenvalue weighted by Gasteiger charge is 2.09. The number of hydrogen-bond acceptors (Lipinski definition) is 2. The number of aromatic hydroxyl groups is 1. The molecule has 0 fully saturated rings. The summed E-state index contributed by atoms with van der Waals surface area (Å²) >= 11 is 0. The lowest BCUT2D eigenvalue weighted by molar-refractivity contribution is 0.478. The first-order valence-electron chi connectivity index (χ1n) is 6.01. The molecule has 0 saturated carbocycles. The molecule has 3 aromatic carbocycles. The average Bonchev–Trinajstić information content (AvgIpc) is 2.47. The van der Waals surface area contributed by atoms with Gasteiger partial charge in [-0.1, -0.05) is 42.5 Å². The zero-order chi connectivity index (χ0) is 13.2. The molecule has 0 radical (unpaired) electrons. The fraction of sp³-hybridized carbons (Fsp3) is 0. The van der Waals surface area contributed by atoms with E-state index >= 15 is 0 Å². The molecule has 0 heterocycles. The number of rotatable bonds is 1. The first kappa shape index (κ1) is 11.3. The van der Waals surface area contributed by atoms with Crippen LogP contribution in [0.25, 0.3) is 21.9 Å². The molecule has 1 N–H and O–H groups in total. The molecule has 0 saturated heterocycles. The van der Waals surface area contributed by atoms with Crippen molar-refractivity contribution in [1.82, 2.24) is 0 Å². The van der Waals surface area contributed by atoms with Gasteiger partial charge in [-0.05, 0) is 34.5 Å². The van der Waals surface area contributed by atoms with E-state index < -0.39 is 0 Å². The number of nitrogens with zero attached hydrogens (tertiary/aromatic N) is 1. The van der Waals surface area contributed by atoms with Crippen molar-refractivity contribution < 1.29 is 5.11 Å². The molecule has 0 atom stereocenters. The lowest BCUT2D eigenvalue weighted by Gasteiger charge is -2.09. The predicted molar refractivity (Wildman–Crippen MR) is 75.8 cm³/mol. The van der Waals surface area contributed by atoms with Crippen LogP contribution in [0.5, 0.6) is 5.75 Å². The second-order valence-corrected chi connectivity index (χ2v) is 4.37. The standard InChI is InChI=1S/C17H11NO/c18-11-12-4-3-6-14(10-12)17-15-7-2-1-5-13(15)8-9-16(17)19/h1-10,19H. The zero-order valence-electron chi connectivity index (χ0n) is 10.2. The molecule has 0 aromatic heterocycles. The summed E-state index contributed by atoms with van der Waals surface area (Å²) in [4.78, 5) is 0. The number of fused-ring (bicyclic) bond motifs is 1. The van der Waals surface area contributed by atoms with Crippen LogP contribution in [0, 0.1) is 11.3 Å². The van der Waals surface area contributed by atoms with Crippen LogP contribution in [0.15, 0.2) is 60.7 Å². The number of phenols is 1. The Balaban J connectivity index is 2.35. The Labute approximate surface area is 111 Å². The Kier molecular flexibility index (Phi) is 2.66. The van der Waals surface area contributed by atoms with Gasteiger partial charge in [-0.2, -0.15) is 5.26 Å². The maximum Gasteiger partial charge on any atom is 0.124 e. The van der Waals surface area contributed by atoms with Crippen molar-refractivity contribution in [2.45, 2.75) is 0 Å². The molecular weight excluding hydrogens is 234 g/mol. The van der Waals surface area contributed by atoms with Gasteiger partial charge in [-0.3, -0.25) is 0 Å². The third-order valence-corrected chi connectivity index (χ3v) is 3.19. The summed E-state index contributed by atoms with van der Waals surface area (Å²) in [6.45, 7) is 0. The molecule has 3 rings (SSSR count). The van der Waals surface area contributed by atoms with Crippen molar-refractivity contribution in [1.29, 1.82) is 5.26 Å². The highest BCUT2D eigenvalue weighted by atomic mass is 16.3. The van der Waals surface area contributed by atoms with Gasteiger partial charge in [-0.25, -0.2) is 0 Å². The second kappa shape index (κ2) is 4.47. The van der Waals surface area contributed by atoms with E-state index in [1.807, 2.05) is 42.5 Å². The van der Waals surface area contributed by atoms with E-state index in [0.29, 0.717) is 5.56 Å². The van der Waals surface area contributed by atoms with Gasteiger partial charge >= 0.3 is 0 Å². The van der Waals surface area contributed by atoms with Gasteiger partial charge in [0.2, 0.25) is 0 Å². The molecule has 0 unspecified atom stereocenters. The highest BCUT2D eigenvalue weighted by molar-refractivity contribution is 5.99. The predicted octanol–water partition coefficient (Wildman–Crippen LogP) is 4.08. The molecule has 2 nitrogen and oxygen atoms in total. The molecule has 2 heteroatoms. The molecule has 0 aliphatic heterocycles. The summed E-state index contributed by atoms with van der Waals surface area (Å²) in [5, 5.41) is 21.2. The molecule has 0 aliphatic carbocycles. The summed E-state index contributed by atoms with van der Waals surface area (Å²) in [6, 6.07) is 20.9. The van der Waals surface area contributed by atoms with Crippen LogP contribution < -0.4 is 0 Å². The van der Waals surface area contributed by atoms with Crippen molar-refractivity contribution in [2.24, 2.45) is 0 Å². The Morgan fingerprint density at radius 3 is 2.58 bits per heavy atom. The Hall–Kier alpha value is -2.79. The maximum atomic E-state index is 10.1. The smallest absolute Gasteiger partial charge is 0.124 e. The van der Waals surface area contributed by atoms with E-state index in [2.05, 4.69) is 6.07 Å². The third-order valence-electron chi connectivity index (χ3n) is 3.19. The van der Waals surface area contributed by atoms with Crippen molar-refractivity contribution in [2.75, 3.05) is 0 Å². The first-order chi connectivity index (χ1) is 9.29. The molecular formula is C17H11NO. The maximum absolute atomic E-state index is 10.1. The molecule has 90 valence electrons. The number of phenolic OH excluding ortho intramolecular Hbond substituents is 1. The minimum Gasteiger partial charge on any atom is -0.507 e. The topological polar surface area (TPSA) is 44.0 Å². The van der Waals surface area contributed by atoms with Gasteiger partial charge in [0.15, 0.2) is 0 Å². The minimum atomic E-state index is 0.230. The highest BCUT2D eigenvalue weighted by Crippen LogP contribution is 2.36. The van der Waals surface area contributed by atoms with Gasteiger partial charge in [0.05, 0.1) is 11.6 Å². The average molecular weight is 245 g/mol. The molecule has 19 heavy (non-hydrogen) atoms.